The fourth-order valence-electron chi connectivity index (χ4n) is 0.928. The van der Waals surface area contributed by atoms with E-state index in [1.807, 2.05) is 0 Å². The lowest BCUT2D eigenvalue weighted by atomic mass is 10.1. The predicted octanol–water partition coefficient (Wildman–Crippen LogP) is 1.68. The monoisotopic (exact) mass is 148 g/mol. The fraction of sp³-hybridized carbons (Fsp3) is 0. The Labute approximate surface area is 64.9 Å². The van der Waals surface area contributed by atoms with Crippen molar-refractivity contribution in [1.29, 1.82) is 0 Å². The first kappa shape index (κ1) is 7.54. The maximum atomic E-state index is 11.0. The summed E-state index contributed by atoms with van der Waals surface area (Å²) in [6, 6.07) is 0. The van der Waals surface area contributed by atoms with Gasteiger partial charge in [-0.05, 0) is 5.57 Å². The van der Waals surface area contributed by atoms with E-state index in [-0.39, 0.29) is 11.3 Å². The molecule has 1 rings (SSSR count). The number of aliphatic hydroxyl groups excluding tert-OH is 1. The standard InChI is InChI=1S/C9H8O2/c1-4-7-5(2)6(3)8(10)9(7)11/h4,11H,1-3H2. The zero-order valence-corrected chi connectivity index (χ0v) is 6.05. The summed E-state index contributed by atoms with van der Waals surface area (Å²) in [7, 11) is 0. The lowest BCUT2D eigenvalue weighted by molar-refractivity contribution is -0.113. The quantitative estimate of drug-likeness (QED) is 0.574. The molecule has 0 bridgehead atoms. The molecule has 1 N–H and O–H groups in total. The highest BCUT2D eigenvalue weighted by atomic mass is 16.3. The van der Waals surface area contributed by atoms with Crippen LogP contribution in [0.5, 0.6) is 0 Å². The van der Waals surface area contributed by atoms with E-state index in [0.29, 0.717) is 11.1 Å². The van der Waals surface area contributed by atoms with Crippen molar-refractivity contribution in [3.63, 3.8) is 0 Å². The van der Waals surface area contributed by atoms with E-state index in [1.165, 1.54) is 6.08 Å². The first-order valence-corrected chi connectivity index (χ1v) is 3.08. The van der Waals surface area contributed by atoms with E-state index in [0.717, 1.165) is 0 Å². The first-order valence-electron chi connectivity index (χ1n) is 3.08. The number of hydrogen-bond donors (Lipinski definition) is 1. The van der Waals surface area contributed by atoms with E-state index >= 15 is 0 Å². The molecule has 1 aliphatic rings. The van der Waals surface area contributed by atoms with Gasteiger partial charge in [0.2, 0.25) is 5.78 Å². The van der Waals surface area contributed by atoms with Crippen molar-refractivity contribution in [3.8, 4) is 0 Å². The Hall–Kier alpha value is -1.57. The van der Waals surface area contributed by atoms with Crippen molar-refractivity contribution in [2.75, 3.05) is 0 Å². The number of hydrogen-bond acceptors (Lipinski definition) is 2. The maximum Gasteiger partial charge on any atom is 0.227 e. The SMILES string of the molecule is C=CC1=C(O)C(=O)C(=C)C1=C. The third kappa shape index (κ3) is 0.835. The Kier molecular flexibility index (Phi) is 1.53. The van der Waals surface area contributed by atoms with Crippen LogP contribution >= 0.6 is 0 Å². The second kappa shape index (κ2) is 2.23. The number of allylic oxidation sites excluding steroid dienone is 4. The van der Waals surface area contributed by atoms with Gasteiger partial charge in [-0.25, -0.2) is 0 Å². The molecule has 0 amide bonds. The van der Waals surface area contributed by atoms with Crippen LogP contribution in [0.2, 0.25) is 0 Å². The molecule has 1 aliphatic carbocycles. The molecule has 0 aromatic carbocycles. The zero-order valence-electron chi connectivity index (χ0n) is 6.05. The van der Waals surface area contributed by atoms with Crippen molar-refractivity contribution in [3.05, 3.63) is 48.3 Å². The molecule has 56 valence electrons. The average molecular weight is 148 g/mol. The number of aliphatic hydroxyl groups is 1. The highest BCUT2D eigenvalue weighted by Crippen LogP contribution is 2.29. The van der Waals surface area contributed by atoms with Gasteiger partial charge in [0.1, 0.15) is 0 Å². The second-order valence-corrected chi connectivity index (χ2v) is 2.25. The van der Waals surface area contributed by atoms with Crippen molar-refractivity contribution in [2.45, 2.75) is 0 Å². The molecule has 0 atom stereocenters. The lowest BCUT2D eigenvalue weighted by Gasteiger charge is -1.93. The molecule has 11 heavy (non-hydrogen) atoms. The fourth-order valence-corrected chi connectivity index (χ4v) is 0.928. The molecule has 0 aromatic heterocycles. The van der Waals surface area contributed by atoms with Crippen LogP contribution in [-0.4, -0.2) is 10.9 Å². The molecule has 0 saturated carbocycles. The van der Waals surface area contributed by atoms with Crippen molar-refractivity contribution in [1.82, 2.24) is 0 Å². The molecular formula is C9H8O2. The van der Waals surface area contributed by atoms with Gasteiger partial charge in [-0.15, -0.1) is 0 Å². The minimum absolute atomic E-state index is 0.248. The Bertz CT molecular complexity index is 306. The molecule has 0 aliphatic heterocycles. The van der Waals surface area contributed by atoms with Gasteiger partial charge < -0.3 is 5.11 Å². The summed E-state index contributed by atoms with van der Waals surface area (Å²) < 4.78 is 0. The molecule has 0 heterocycles. The van der Waals surface area contributed by atoms with Gasteiger partial charge >= 0.3 is 0 Å². The maximum absolute atomic E-state index is 11.0. The highest BCUT2D eigenvalue weighted by Gasteiger charge is 2.27. The van der Waals surface area contributed by atoms with E-state index < -0.39 is 5.78 Å². The van der Waals surface area contributed by atoms with E-state index in [4.69, 9.17) is 5.11 Å². The van der Waals surface area contributed by atoms with Crippen LogP contribution in [0.4, 0.5) is 0 Å². The van der Waals surface area contributed by atoms with Gasteiger partial charge in [-0.1, -0.05) is 25.8 Å². The van der Waals surface area contributed by atoms with E-state index in [1.54, 1.807) is 0 Å². The van der Waals surface area contributed by atoms with Gasteiger partial charge in [0.15, 0.2) is 5.76 Å². The second-order valence-electron chi connectivity index (χ2n) is 2.25. The summed E-state index contributed by atoms with van der Waals surface area (Å²) in [6.07, 6.45) is 1.40. The van der Waals surface area contributed by atoms with Gasteiger partial charge in [0, 0.05) is 11.1 Å². The van der Waals surface area contributed by atoms with Crippen LogP contribution < -0.4 is 0 Å². The van der Waals surface area contributed by atoms with E-state index in [9.17, 15) is 4.79 Å². The van der Waals surface area contributed by atoms with Crippen LogP contribution in [-0.2, 0) is 4.79 Å². The van der Waals surface area contributed by atoms with Gasteiger partial charge in [0.25, 0.3) is 0 Å². The number of Topliss-reactive ketones (excluding diaryl/α,β-unsaturated/α-hetero) is 1. The van der Waals surface area contributed by atoms with Crippen molar-refractivity contribution >= 4 is 5.78 Å². The summed E-state index contributed by atoms with van der Waals surface area (Å²) in [6.45, 7) is 10.5. The normalized spacial score (nSPS) is 18.0. The third-order valence-electron chi connectivity index (χ3n) is 1.64. The topological polar surface area (TPSA) is 37.3 Å². The molecule has 0 spiro atoms. The van der Waals surface area contributed by atoms with Crippen LogP contribution in [0, 0.1) is 0 Å². The number of rotatable bonds is 1. The minimum atomic E-state index is -0.454. The van der Waals surface area contributed by atoms with E-state index in [2.05, 4.69) is 19.7 Å². The van der Waals surface area contributed by atoms with Crippen LogP contribution in [0.25, 0.3) is 0 Å². The van der Waals surface area contributed by atoms with Crippen LogP contribution in [0.3, 0.4) is 0 Å². The summed E-state index contributed by atoms with van der Waals surface area (Å²) in [5, 5.41) is 9.14. The summed E-state index contributed by atoms with van der Waals surface area (Å²) in [4.78, 5) is 11.0. The molecule has 0 radical (unpaired) electrons. The minimum Gasteiger partial charge on any atom is -0.504 e. The van der Waals surface area contributed by atoms with Crippen LogP contribution in [0.15, 0.2) is 48.3 Å². The van der Waals surface area contributed by atoms with Gasteiger partial charge in [-0.3, -0.25) is 4.79 Å². The summed E-state index contributed by atoms with van der Waals surface area (Å²) in [5.41, 5.74) is 1.10. The lowest BCUT2D eigenvalue weighted by Crippen LogP contribution is -1.96. The predicted molar refractivity (Wildman–Crippen MR) is 43.1 cm³/mol. The number of carbonyl (C=O) groups is 1. The highest BCUT2D eigenvalue weighted by molar-refractivity contribution is 6.15. The molecule has 2 nitrogen and oxygen atoms in total. The Morgan fingerprint density at radius 3 is 2.00 bits per heavy atom. The first-order chi connectivity index (χ1) is 5.09. The largest absolute Gasteiger partial charge is 0.504 e. The molecule has 0 saturated heterocycles. The van der Waals surface area contributed by atoms with Gasteiger partial charge in [-0.2, -0.15) is 0 Å². The number of ketones is 1. The summed E-state index contributed by atoms with van der Waals surface area (Å²) in [5.74, 6) is -0.750. The van der Waals surface area contributed by atoms with Gasteiger partial charge in [0.05, 0.1) is 0 Å². The Morgan fingerprint density at radius 2 is 1.82 bits per heavy atom. The Balaban J connectivity index is 3.29. The van der Waals surface area contributed by atoms with Crippen molar-refractivity contribution in [2.24, 2.45) is 0 Å². The van der Waals surface area contributed by atoms with Crippen molar-refractivity contribution < 1.29 is 9.90 Å². The molecule has 2 heteroatoms. The number of carbonyl (C=O) groups excluding carboxylic acids is 1. The van der Waals surface area contributed by atoms with Crippen LogP contribution in [0.1, 0.15) is 0 Å². The molecule has 0 unspecified atom stereocenters. The molecule has 0 fully saturated rings. The Morgan fingerprint density at radius 1 is 1.27 bits per heavy atom. The molecule has 0 aromatic rings. The zero-order chi connectivity index (χ0) is 8.59. The summed E-state index contributed by atoms with van der Waals surface area (Å²) >= 11 is 0. The smallest absolute Gasteiger partial charge is 0.227 e. The molecular weight excluding hydrogens is 140 g/mol. The average Bonchev–Trinajstić information content (AvgIpc) is 2.17. The third-order valence-corrected chi connectivity index (χ3v) is 1.64.